The van der Waals surface area contributed by atoms with Crippen molar-refractivity contribution in [1.29, 1.82) is 0 Å². The van der Waals surface area contributed by atoms with Crippen molar-refractivity contribution >= 4 is 11.8 Å². The van der Waals surface area contributed by atoms with Gasteiger partial charge in [0.25, 0.3) is 0 Å². The van der Waals surface area contributed by atoms with Crippen molar-refractivity contribution in [3.63, 3.8) is 0 Å². The lowest BCUT2D eigenvalue weighted by Gasteiger charge is -2.44. The molecule has 5 nitrogen and oxygen atoms in total. The number of hydrogen-bond acceptors (Lipinski definition) is 5. The standard InChI is InChI=1S/C32H33NO4/c1-37-31(36)29-28(30(35)21-12-4-2-5-13-21)27(34)20-33(29)32(22-14-6-3-7-15-22)25-18-10-8-16-23(25)24-17-9-11-19-26(24)32/h3,6-11,14-19,21,28-30,35H,2,4-5,12-13,20H2,1H3/t28-,29-,30-/m0/s1. The Morgan fingerprint density at radius 1 is 0.892 bits per heavy atom. The molecule has 0 radical (unpaired) electrons. The quantitative estimate of drug-likeness (QED) is 0.508. The Morgan fingerprint density at radius 3 is 2.05 bits per heavy atom. The highest BCUT2D eigenvalue weighted by Gasteiger charge is 2.60. The minimum absolute atomic E-state index is 0.0191. The number of hydrogen-bond donors (Lipinski definition) is 1. The number of methoxy groups -OCH3 is 1. The fraction of sp³-hybridized carbons (Fsp3) is 0.375. The Labute approximate surface area is 218 Å². The molecule has 1 heterocycles. The first-order valence-electron chi connectivity index (χ1n) is 13.4. The van der Waals surface area contributed by atoms with Gasteiger partial charge >= 0.3 is 5.97 Å². The van der Waals surface area contributed by atoms with Crippen LogP contribution in [0, 0.1) is 11.8 Å². The second-order valence-electron chi connectivity index (χ2n) is 10.6. The van der Waals surface area contributed by atoms with Gasteiger partial charge in [0.15, 0.2) is 5.78 Å². The summed E-state index contributed by atoms with van der Waals surface area (Å²) in [4.78, 5) is 29.5. The number of carbonyl (C=O) groups is 2. The fourth-order valence-electron chi connectivity index (χ4n) is 7.29. The maximum atomic E-state index is 13.8. The van der Waals surface area contributed by atoms with Crippen LogP contribution in [0.4, 0.5) is 0 Å². The average molecular weight is 496 g/mol. The van der Waals surface area contributed by atoms with Gasteiger partial charge in [-0.2, -0.15) is 0 Å². The second-order valence-corrected chi connectivity index (χ2v) is 10.6. The third kappa shape index (κ3) is 3.59. The molecule has 0 aromatic heterocycles. The molecule has 3 atom stereocenters. The van der Waals surface area contributed by atoms with E-state index in [0.29, 0.717) is 0 Å². The number of benzene rings is 3. The number of esters is 1. The first-order valence-corrected chi connectivity index (χ1v) is 13.4. The van der Waals surface area contributed by atoms with Crippen LogP contribution in [-0.4, -0.2) is 47.6 Å². The molecule has 6 rings (SSSR count). The molecule has 1 saturated heterocycles. The van der Waals surface area contributed by atoms with E-state index in [1.807, 2.05) is 47.4 Å². The SMILES string of the molecule is COC(=O)[C@@H]1[C@@H]([C@@H](O)C2CCCCC2)C(=O)CN1C1(c2ccccc2)c2ccccc2-c2ccccc21. The summed E-state index contributed by atoms with van der Waals surface area (Å²) in [6.45, 7) is 0.0613. The summed E-state index contributed by atoms with van der Waals surface area (Å²) in [5, 5.41) is 11.6. The summed E-state index contributed by atoms with van der Waals surface area (Å²) in [5.74, 6) is -1.37. The minimum atomic E-state index is -0.895. The van der Waals surface area contributed by atoms with Crippen molar-refractivity contribution < 1.29 is 19.4 Å². The predicted molar refractivity (Wildman–Crippen MR) is 142 cm³/mol. The van der Waals surface area contributed by atoms with Crippen LogP contribution < -0.4 is 0 Å². The lowest BCUT2D eigenvalue weighted by Crippen LogP contribution is -2.55. The maximum absolute atomic E-state index is 13.8. The monoisotopic (exact) mass is 495 g/mol. The molecule has 3 aliphatic rings. The highest BCUT2D eigenvalue weighted by Crippen LogP contribution is 2.56. The summed E-state index contributed by atoms with van der Waals surface area (Å²) in [6, 6.07) is 25.7. The molecule has 1 N–H and O–H groups in total. The van der Waals surface area contributed by atoms with E-state index in [-0.39, 0.29) is 18.2 Å². The number of ether oxygens (including phenoxy) is 1. The third-order valence-corrected chi connectivity index (χ3v) is 8.86. The summed E-state index contributed by atoms with van der Waals surface area (Å²) < 4.78 is 5.35. The molecular weight excluding hydrogens is 462 g/mol. The molecular formula is C32H33NO4. The summed E-state index contributed by atoms with van der Waals surface area (Å²) >= 11 is 0. The van der Waals surface area contributed by atoms with E-state index in [1.165, 1.54) is 7.11 Å². The Morgan fingerprint density at radius 2 is 1.46 bits per heavy atom. The molecule has 0 bridgehead atoms. The number of Topliss-reactive ketones (excluding diaryl/α,β-unsaturated/α-hetero) is 1. The van der Waals surface area contributed by atoms with Crippen LogP contribution in [-0.2, 0) is 19.9 Å². The number of likely N-dealkylation sites (tertiary alicyclic amines) is 1. The molecule has 5 heteroatoms. The van der Waals surface area contributed by atoms with E-state index in [9.17, 15) is 14.7 Å². The molecule has 2 fully saturated rings. The van der Waals surface area contributed by atoms with Gasteiger partial charge in [-0.25, -0.2) is 0 Å². The number of carbonyl (C=O) groups excluding carboxylic acids is 2. The van der Waals surface area contributed by atoms with E-state index < -0.39 is 29.6 Å². The Bertz CT molecular complexity index is 1270. The predicted octanol–water partition coefficient (Wildman–Crippen LogP) is 4.94. The van der Waals surface area contributed by atoms with E-state index in [0.717, 1.165) is 59.9 Å². The zero-order valence-electron chi connectivity index (χ0n) is 21.2. The Kier molecular flexibility index (Phi) is 6.21. The molecule has 0 spiro atoms. The molecule has 0 unspecified atom stereocenters. The van der Waals surface area contributed by atoms with Gasteiger partial charge in [0.2, 0.25) is 0 Å². The van der Waals surface area contributed by atoms with Gasteiger partial charge in [-0.05, 0) is 46.6 Å². The van der Waals surface area contributed by atoms with E-state index >= 15 is 0 Å². The molecule has 3 aromatic rings. The van der Waals surface area contributed by atoms with Gasteiger partial charge in [0.1, 0.15) is 6.04 Å². The number of ketones is 1. The number of fused-ring (bicyclic) bond motifs is 3. The normalized spacial score (nSPS) is 23.9. The Balaban J connectivity index is 1.58. The van der Waals surface area contributed by atoms with Gasteiger partial charge in [-0.1, -0.05) is 98.1 Å². The lowest BCUT2D eigenvalue weighted by molar-refractivity contribution is -0.152. The molecule has 190 valence electrons. The van der Waals surface area contributed by atoms with E-state index in [2.05, 4.69) is 36.4 Å². The zero-order chi connectivity index (χ0) is 25.6. The van der Waals surface area contributed by atoms with E-state index in [4.69, 9.17) is 4.74 Å². The van der Waals surface area contributed by atoms with Gasteiger partial charge in [0.05, 0.1) is 31.2 Å². The smallest absolute Gasteiger partial charge is 0.324 e. The highest BCUT2D eigenvalue weighted by molar-refractivity contribution is 5.95. The van der Waals surface area contributed by atoms with Gasteiger partial charge in [-0.15, -0.1) is 0 Å². The number of aliphatic hydroxyl groups excluding tert-OH is 1. The number of nitrogens with zero attached hydrogens (tertiary/aromatic N) is 1. The van der Waals surface area contributed by atoms with Crippen molar-refractivity contribution in [2.45, 2.75) is 49.8 Å². The molecule has 3 aromatic carbocycles. The van der Waals surface area contributed by atoms with Crippen molar-refractivity contribution in [1.82, 2.24) is 4.90 Å². The van der Waals surface area contributed by atoms with Gasteiger partial charge in [-0.3, -0.25) is 14.5 Å². The third-order valence-electron chi connectivity index (χ3n) is 8.86. The topological polar surface area (TPSA) is 66.8 Å². The maximum Gasteiger partial charge on any atom is 0.324 e. The van der Waals surface area contributed by atoms with Crippen LogP contribution in [0.1, 0.15) is 48.8 Å². The molecule has 0 amide bonds. The minimum Gasteiger partial charge on any atom is -0.468 e. The second kappa shape index (κ2) is 9.55. The van der Waals surface area contributed by atoms with Crippen LogP contribution in [0.5, 0.6) is 0 Å². The van der Waals surface area contributed by atoms with Crippen LogP contribution >= 0.6 is 0 Å². The fourth-order valence-corrected chi connectivity index (χ4v) is 7.29. The first kappa shape index (κ1) is 24.1. The first-order chi connectivity index (χ1) is 18.1. The number of aliphatic hydroxyl groups is 1. The van der Waals surface area contributed by atoms with E-state index in [1.54, 1.807) is 0 Å². The van der Waals surface area contributed by atoms with Crippen molar-refractivity contribution in [2.75, 3.05) is 13.7 Å². The Hall–Kier alpha value is -3.28. The largest absolute Gasteiger partial charge is 0.468 e. The molecule has 2 aliphatic carbocycles. The molecule has 37 heavy (non-hydrogen) atoms. The van der Waals surface area contributed by atoms with Crippen LogP contribution in [0.2, 0.25) is 0 Å². The van der Waals surface area contributed by atoms with Crippen molar-refractivity contribution in [3.8, 4) is 11.1 Å². The summed E-state index contributed by atoms with van der Waals surface area (Å²) in [6.07, 6.45) is 4.14. The van der Waals surface area contributed by atoms with Gasteiger partial charge < -0.3 is 9.84 Å². The molecule has 1 saturated carbocycles. The lowest BCUT2D eigenvalue weighted by atomic mass is 9.76. The highest BCUT2D eigenvalue weighted by atomic mass is 16.5. The summed E-state index contributed by atoms with van der Waals surface area (Å²) in [5.41, 5.74) is 4.38. The average Bonchev–Trinajstić information content (AvgIpc) is 3.46. The van der Waals surface area contributed by atoms with Crippen LogP contribution in [0.25, 0.3) is 11.1 Å². The summed E-state index contributed by atoms with van der Waals surface area (Å²) in [7, 11) is 1.37. The van der Waals surface area contributed by atoms with Crippen LogP contribution in [0.15, 0.2) is 78.9 Å². The number of rotatable bonds is 5. The van der Waals surface area contributed by atoms with Gasteiger partial charge in [0, 0.05) is 0 Å². The van der Waals surface area contributed by atoms with Crippen LogP contribution in [0.3, 0.4) is 0 Å². The van der Waals surface area contributed by atoms with Crippen molar-refractivity contribution in [2.24, 2.45) is 11.8 Å². The molecule has 1 aliphatic heterocycles. The zero-order valence-corrected chi connectivity index (χ0v) is 21.2. The van der Waals surface area contributed by atoms with Crippen molar-refractivity contribution in [3.05, 3.63) is 95.6 Å².